The van der Waals surface area contributed by atoms with Crippen LogP contribution in [0.25, 0.3) is 11.4 Å². The summed E-state index contributed by atoms with van der Waals surface area (Å²) in [5.74, 6) is 1.83. The Labute approximate surface area is 164 Å². The zero-order valence-electron chi connectivity index (χ0n) is 16.7. The number of aromatic nitrogens is 6. The first kappa shape index (κ1) is 18.3. The Morgan fingerprint density at radius 2 is 2.11 bits per heavy atom. The Morgan fingerprint density at radius 1 is 1.29 bits per heavy atom. The van der Waals surface area contributed by atoms with Gasteiger partial charge in [-0.05, 0) is 25.0 Å². The van der Waals surface area contributed by atoms with Gasteiger partial charge >= 0.3 is 0 Å². The standard InChI is InChI=1S/C20H25N7O/c1-13(2)18-20-22-19(15-6-5-7-21-11-15)24-27(20)9-8-26(18)17(28)10-16-12-25(4)23-14(16)3/h5-7,11-13,18H,8-10H2,1-4H3/t18-/m1/s1. The fourth-order valence-corrected chi connectivity index (χ4v) is 3.86. The fraction of sp³-hybridized carbons (Fsp3) is 0.450. The van der Waals surface area contributed by atoms with Crippen LogP contribution in [0.3, 0.4) is 0 Å². The summed E-state index contributed by atoms with van der Waals surface area (Å²) in [5.41, 5.74) is 2.75. The molecular weight excluding hydrogens is 354 g/mol. The summed E-state index contributed by atoms with van der Waals surface area (Å²) in [4.78, 5) is 24.1. The van der Waals surface area contributed by atoms with Gasteiger partial charge in [0.2, 0.25) is 5.91 Å². The minimum absolute atomic E-state index is 0.101. The third kappa shape index (κ3) is 3.30. The van der Waals surface area contributed by atoms with Gasteiger partial charge in [0.15, 0.2) is 11.6 Å². The third-order valence-corrected chi connectivity index (χ3v) is 5.18. The summed E-state index contributed by atoms with van der Waals surface area (Å²) in [7, 11) is 1.88. The Bertz CT molecular complexity index is 989. The molecule has 0 aromatic carbocycles. The lowest BCUT2D eigenvalue weighted by molar-refractivity contribution is -0.135. The minimum Gasteiger partial charge on any atom is -0.330 e. The molecule has 146 valence electrons. The number of rotatable bonds is 4. The number of pyridine rings is 1. The van der Waals surface area contributed by atoms with E-state index in [4.69, 9.17) is 4.98 Å². The van der Waals surface area contributed by atoms with Crippen LogP contribution in [-0.2, 0) is 24.8 Å². The molecule has 0 spiro atoms. The summed E-state index contributed by atoms with van der Waals surface area (Å²) in [6.07, 6.45) is 5.77. The molecule has 8 heteroatoms. The van der Waals surface area contributed by atoms with E-state index in [2.05, 4.69) is 29.0 Å². The van der Waals surface area contributed by atoms with Crippen molar-refractivity contribution in [2.45, 2.75) is 39.8 Å². The topological polar surface area (TPSA) is 81.7 Å². The van der Waals surface area contributed by atoms with Crippen molar-refractivity contribution in [1.82, 2.24) is 34.4 Å². The molecule has 28 heavy (non-hydrogen) atoms. The second kappa shape index (κ2) is 7.18. The molecule has 3 aromatic rings. The van der Waals surface area contributed by atoms with E-state index in [0.29, 0.717) is 25.3 Å². The number of hydrogen-bond donors (Lipinski definition) is 0. The van der Waals surface area contributed by atoms with Crippen molar-refractivity contribution in [2.75, 3.05) is 6.54 Å². The van der Waals surface area contributed by atoms with Crippen LogP contribution in [0.1, 0.15) is 37.0 Å². The van der Waals surface area contributed by atoms with Gasteiger partial charge in [-0.1, -0.05) is 13.8 Å². The van der Waals surface area contributed by atoms with Crippen LogP contribution >= 0.6 is 0 Å². The van der Waals surface area contributed by atoms with Gasteiger partial charge < -0.3 is 4.90 Å². The molecule has 1 amide bonds. The first-order chi connectivity index (χ1) is 13.4. The normalized spacial score (nSPS) is 16.5. The van der Waals surface area contributed by atoms with E-state index in [-0.39, 0.29) is 17.9 Å². The van der Waals surface area contributed by atoms with Crippen LogP contribution < -0.4 is 0 Å². The predicted molar refractivity (Wildman–Crippen MR) is 104 cm³/mol. The van der Waals surface area contributed by atoms with E-state index in [1.165, 1.54) is 0 Å². The Morgan fingerprint density at radius 3 is 2.75 bits per heavy atom. The van der Waals surface area contributed by atoms with Gasteiger partial charge in [-0.3, -0.25) is 14.5 Å². The molecule has 0 fully saturated rings. The second-order valence-corrected chi connectivity index (χ2v) is 7.62. The van der Waals surface area contributed by atoms with E-state index >= 15 is 0 Å². The number of carbonyl (C=O) groups is 1. The summed E-state index contributed by atoms with van der Waals surface area (Å²) in [6.45, 7) is 7.45. The van der Waals surface area contributed by atoms with Crippen LogP contribution in [0.5, 0.6) is 0 Å². The molecule has 1 aliphatic rings. The van der Waals surface area contributed by atoms with Crippen molar-refractivity contribution in [2.24, 2.45) is 13.0 Å². The summed E-state index contributed by atoms with van der Waals surface area (Å²) >= 11 is 0. The van der Waals surface area contributed by atoms with Gasteiger partial charge in [-0.15, -0.1) is 0 Å². The molecule has 0 unspecified atom stereocenters. The molecule has 1 aliphatic heterocycles. The van der Waals surface area contributed by atoms with Crippen molar-refractivity contribution < 1.29 is 4.79 Å². The number of nitrogens with zero attached hydrogens (tertiary/aromatic N) is 7. The van der Waals surface area contributed by atoms with Crippen LogP contribution in [0.4, 0.5) is 0 Å². The lowest BCUT2D eigenvalue weighted by atomic mass is 9.99. The average Bonchev–Trinajstić information content (AvgIpc) is 3.24. The molecule has 0 saturated heterocycles. The lowest BCUT2D eigenvalue weighted by Crippen LogP contribution is -2.45. The third-order valence-electron chi connectivity index (χ3n) is 5.18. The molecule has 8 nitrogen and oxygen atoms in total. The van der Waals surface area contributed by atoms with Gasteiger partial charge in [0.05, 0.1) is 24.7 Å². The molecule has 0 aliphatic carbocycles. The van der Waals surface area contributed by atoms with Gasteiger partial charge in [0.1, 0.15) is 0 Å². The monoisotopic (exact) mass is 379 g/mol. The number of fused-ring (bicyclic) bond motifs is 1. The van der Waals surface area contributed by atoms with Crippen molar-refractivity contribution in [1.29, 1.82) is 0 Å². The van der Waals surface area contributed by atoms with E-state index in [1.54, 1.807) is 17.1 Å². The quantitative estimate of drug-likeness (QED) is 0.694. The van der Waals surface area contributed by atoms with Crippen LogP contribution in [0.15, 0.2) is 30.7 Å². The number of aryl methyl sites for hydroxylation is 2. The fourth-order valence-electron chi connectivity index (χ4n) is 3.86. The molecule has 4 rings (SSSR count). The van der Waals surface area contributed by atoms with Gasteiger partial charge in [-0.2, -0.15) is 10.2 Å². The molecule has 4 heterocycles. The lowest BCUT2D eigenvalue weighted by Gasteiger charge is -2.37. The highest BCUT2D eigenvalue weighted by molar-refractivity contribution is 5.79. The van der Waals surface area contributed by atoms with Gasteiger partial charge in [-0.25, -0.2) is 9.67 Å². The number of hydrogen-bond acceptors (Lipinski definition) is 5. The van der Waals surface area contributed by atoms with Gasteiger partial charge in [0, 0.05) is 43.3 Å². The van der Waals surface area contributed by atoms with Crippen LogP contribution in [-0.4, -0.2) is 46.9 Å². The second-order valence-electron chi connectivity index (χ2n) is 7.62. The van der Waals surface area contributed by atoms with Crippen LogP contribution in [0.2, 0.25) is 0 Å². The smallest absolute Gasteiger partial charge is 0.227 e. The Balaban J connectivity index is 1.63. The highest BCUT2D eigenvalue weighted by Crippen LogP contribution is 2.32. The van der Waals surface area contributed by atoms with E-state index in [9.17, 15) is 4.79 Å². The molecular formula is C20H25N7O. The van der Waals surface area contributed by atoms with E-state index < -0.39 is 0 Å². The molecule has 1 atom stereocenters. The van der Waals surface area contributed by atoms with E-state index in [1.807, 2.05) is 41.9 Å². The highest BCUT2D eigenvalue weighted by atomic mass is 16.2. The SMILES string of the molecule is Cc1nn(C)cc1CC(=O)N1CCn2nc(-c3cccnc3)nc2[C@H]1C(C)C. The zero-order valence-corrected chi connectivity index (χ0v) is 16.7. The predicted octanol–water partition coefficient (Wildman–Crippen LogP) is 2.16. The van der Waals surface area contributed by atoms with Crippen LogP contribution in [0, 0.1) is 12.8 Å². The van der Waals surface area contributed by atoms with Crippen molar-refractivity contribution in [3.05, 3.63) is 47.8 Å². The minimum atomic E-state index is -0.101. The maximum Gasteiger partial charge on any atom is 0.227 e. The zero-order chi connectivity index (χ0) is 19.8. The largest absolute Gasteiger partial charge is 0.330 e. The molecule has 0 N–H and O–H groups in total. The number of carbonyl (C=O) groups excluding carboxylic acids is 1. The Hall–Kier alpha value is -3.03. The Kier molecular flexibility index (Phi) is 4.70. The summed E-state index contributed by atoms with van der Waals surface area (Å²) in [6, 6.07) is 3.73. The highest BCUT2D eigenvalue weighted by Gasteiger charge is 2.36. The summed E-state index contributed by atoms with van der Waals surface area (Å²) in [5, 5.41) is 9.01. The maximum absolute atomic E-state index is 13.2. The number of amides is 1. The summed E-state index contributed by atoms with van der Waals surface area (Å²) < 4.78 is 3.69. The first-order valence-electron chi connectivity index (χ1n) is 9.57. The first-order valence-corrected chi connectivity index (χ1v) is 9.57. The molecule has 0 radical (unpaired) electrons. The van der Waals surface area contributed by atoms with Crippen molar-refractivity contribution in [3.63, 3.8) is 0 Å². The van der Waals surface area contributed by atoms with Crippen molar-refractivity contribution in [3.8, 4) is 11.4 Å². The van der Waals surface area contributed by atoms with Crippen molar-refractivity contribution >= 4 is 5.91 Å². The average molecular weight is 379 g/mol. The van der Waals surface area contributed by atoms with Gasteiger partial charge in [0.25, 0.3) is 0 Å². The maximum atomic E-state index is 13.2. The molecule has 0 saturated carbocycles. The molecule has 3 aromatic heterocycles. The molecule has 0 bridgehead atoms. The van der Waals surface area contributed by atoms with E-state index in [0.717, 1.165) is 22.6 Å².